The summed E-state index contributed by atoms with van der Waals surface area (Å²) in [6.07, 6.45) is 0. The number of anilines is 6. The van der Waals surface area contributed by atoms with E-state index in [1.165, 1.54) is 6.07 Å². The van der Waals surface area contributed by atoms with Crippen LogP contribution in [0.4, 0.5) is 47.3 Å². The van der Waals surface area contributed by atoms with Crippen molar-refractivity contribution in [3.63, 3.8) is 0 Å². The zero-order valence-electron chi connectivity index (χ0n) is 28.1. The first-order chi connectivity index (χ1) is 26.1. The van der Waals surface area contributed by atoms with Gasteiger partial charge in [0, 0.05) is 68.8 Å². The predicted molar refractivity (Wildman–Crippen MR) is 217 cm³/mol. The van der Waals surface area contributed by atoms with Crippen LogP contribution in [-0.4, -0.2) is 13.9 Å². The number of para-hydroxylation sites is 2. The molecule has 0 amide bonds. The fraction of sp³-hybridized carbons (Fsp3) is 0.0233. The van der Waals surface area contributed by atoms with Crippen LogP contribution >= 0.6 is 22.7 Å². The minimum atomic E-state index is -6.02. The third-order valence-corrected chi connectivity index (χ3v) is 12.4. The van der Waals surface area contributed by atoms with Crippen molar-refractivity contribution < 1.29 is 25.8 Å². The van der Waals surface area contributed by atoms with Crippen molar-refractivity contribution in [2.24, 2.45) is 0 Å². The van der Waals surface area contributed by atoms with Gasteiger partial charge in [0.05, 0.1) is 5.69 Å². The second-order valence-corrected chi connectivity index (χ2v) is 16.2. The Bertz CT molecular complexity index is 2790. The number of nitrogens with zero attached hydrogens (tertiary/aromatic N) is 2. The number of halogens is 3. The molecule has 0 spiro atoms. The van der Waals surface area contributed by atoms with Crippen molar-refractivity contribution in [3.8, 4) is 5.75 Å². The molecule has 0 bridgehead atoms. The molecule has 9 aromatic rings. The highest BCUT2D eigenvalue weighted by atomic mass is 32.2. The van der Waals surface area contributed by atoms with Crippen LogP contribution < -0.4 is 14.0 Å². The van der Waals surface area contributed by atoms with E-state index in [1.807, 2.05) is 53.4 Å². The molecular formula is C43H27F3N2O3S3. The Balaban J connectivity index is 1.30. The van der Waals surface area contributed by atoms with Crippen LogP contribution in [-0.2, 0) is 10.1 Å². The average Bonchev–Trinajstić information content (AvgIpc) is 3.74. The van der Waals surface area contributed by atoms with Crippen molar-refractivity contribution in [2.75, 3.05) is 9.80 Å². The normalized spacial score (nSPS) is 12.1. The van der Waals surface area contributed by atoms with Gasteiger partial charge in [-0.2, -0.15) is 21.6 Å². The smallest absolute Gasteiger partial charge is 0.374 e. The van der Waals surface area contributed by atoms with Crippen molar-refractivity contribution >= 4 is 107 Å². The quantitative estimate of drug-likeness (QED) is 0.114. The molecule has 0 N–H and O–H groups in total. The zero-order valence-corrected chi connectivity index (χ0v) is 30.5. The molecule has 0 saturated carbocycles. The summed E-state index contributed by atoms with van der Waals surface area (Å²) in [7, 11) is -6.02. The standard InChI is InChI=1S/C43H27F3N2O3S3/c44-43(45,46)54(49,50)51-38-24-21-30(25-37(38)48(28-11-3-1-4-12-28)29-13-5-2-6-14-29)47(31-19-22-35-33-15-7-9-17-39(33)52-41(35)26-31)32-20-23-36-34-16-8-10-18-40(34)53-42(36)27-32/h1-27H. The van der Waals surface area contributed by atoms with Crippen molar-refractivity contribution in [3.05, 3.63) is 164 Å². The Labute approximate surface area is 316 Å². The van der Waals surface area contributed by atoms with Gasteiger partial charge in [0.2, 0.25) is 0 Å². The Morgan fingerprint density at radius 2 is 0.870 bits per heavy atom. The monoisotopic (exact) mass is 772 g/mol. The first-order valence-electron chi connectivity index (χ1n) is 16.8. The van der Waals surface area contributed by atoms with Gasteiger partial charge in [0.25, 0.3) is 0 Å². The van der Waals surface area contributed by atoms with Crippen molar-refractivity contribution in [1.29, 1.82) is 0 Å². The van der Waals surface area contributed by atoms with Crippen LogP contribution in [0, 0.1) is 0 Å². The number of hydrogen-bond donors (Lipinski definition) is 0. The second kappa shape index (κ2) is 13.2. The highest BCUT2D eigenvalue weighted by Gasteiger charge is 2.49. The summed E-state index contributed by atoms with van der Waals surface area (Å²) in [5.41, 5.74) is -2.20. The van der Waals surface area contributed by atoms with E-state index in [0.717, 1.165) is 51.7 Å². The van der Waals surface area contributed by atoms with E-state index in [4.69, 9.17) is 4.18 Å². The predicted octanol–water partition coefficient (Wildman–Crippen LogP) is 13.6. The zero-order chi connectivity index (χ0) is 37.0. The first kappa shape index (κ1) is 33.9. The van der Waals surface area contributed by atoms with Gasteiger partial charge < -0.3 is 14.0 Å². The van der Waals surface area contributed by atoms with Crippen LogP contribution in [0.25, 0.3) is 40.3 Å². The summed E-state index contributed by atoms with van der Waals surface area (Å²) in [6.45, 7) is 0. The highest BCUT2D eigenvalue weighted by molar-refractivity contribution is 7.88. The summed E-state index contributed by atoms with van der Waals surface area (Å²) in [4.78, 5) is 3.72. The molecule has 2 aromatic heterocycles. The molecule has 2 heterocycles. The molecule has 0 saturated heterocycles. The molecule has 0 atom stereocenters. The number of rotatable bonds is 8. The molecule has 0 fully saturated rings. The Morgan fingerprint density at radius 1 is 0.444 bits per heavy atom. The summed E-state index contributed by atoms with van der Waals surface area (Å²) in [6, 6.07) is 51.5. The van der Waals surface area contributed by atoms with Gasteiger partial charge in [-0.05, 0) is 78.9 Å². The number of alkyl halides is 3. The van der Waals surface area contributed by atoms with E-state index in [0.29, 0.717) is 17.1 Å². The lowest BCUT2D eigenvalue weighted by molar-refractivity contribution is -0.0499. The Hall–Kier alpha value is -5.88. The maximum absolute atomic E-state index is 13.8. The van der Waals surface area contributed by atoms with Crippen LogP contribution in [0.5, 0.6) is 5.75 Å². The molecule has 0 unspecified atom stereocenters. The number of fused-ring (bicyclic) bond motifs is 6. The van der Waals surface area contributed by atoms with Gasteiger partial charge in [0.1, 0.15) is 0 Å². The van der Waals surface area contributed by atoms with Crippen LogP contribution in [0.15, 0.2) is 164 Å². The fourth-order valence-electron chi connectivity index (χ4n) is 6.79. The van der Waals surface area contributed by atoms with E-state index in [1.54, 1.807) is 88.2 Å². The molecule has 5 nitrogen and oxygen atoms in total. The third-order valence-electron chi connectivity index (χ3n) is 9.19. The Kier molecular flexibility index (Phi) is 8.30. The minimum absolute atomic E-state index is 0.0913. The van der Waals surface area contributed by atoms with Crippen molar-refractivity contribution in [2.45, 2.75) is 5.51 Å². The highest BCUT2D eigenvalue weighted by Crippen LogP contribution is 2.48. The van der Waals surface area contributed by atoms with Crippen molar-refractivity contribution in [1.82, 2.24) is 0 Å². The molecular weight excluding hydrogens is 746 g/mol. The van der Waals surface area contributed by atoms with Gasteiger partial charge in [0.15, 0.2) is 5.75 Å². The third kappa shape index (κ3) is 6.00. The van der Waals surface area contributed by atoms with Gasteiger partial charge in [-0.15, -0.1) is 22.7 Å². The van der Waals surface area contributed by atoms with Crippen LogP contribution in [0.1, 0.15) is 0 Å². The maximum atomic E-state index is 13.8. The van der Waals surface area contributed by atoms with Gasteiger partial charge >= 0.3 is 15.6 Å². The summed E-state index contributed by atoms with van der Waals surface area (Å²) in [5, 5.41) is 4.53. The second-order valence-electron chi connectivity index (χ2n) is 12.5. The van der Waals surface area contributed by atoms with Gasteiger partial charge in [-0.3, -0.25) is 0 Å². The summed E-state index contributed by atoms with van der Waals surface area (Å²) >= 11 is 3.35. The summed E-state index contributed by atoms with van der Waals surface area (Å²) in [5.74, 6) is -0.483. The molecule has 9 rings (SSSR count). The Morgan fingerprint density at radius 3 is 1.37 bits per heavy atom. The lowest BCUT2D eigenvalue weighted by Gasteiger charge is -2.30. The number of thiophene rings is 2. The van der Waals surface area contributed by atoms with Crippen LogP contribution in [0.3, 0.4) is 0 Å². The molecule has 266 valence electrons. The average molecular weight is 773 g/mol. The van der Waals surface area contributed by atoms with E-state index in [2.05, 4.69) is 48.5 Å². The molecule has 0 aliphatic heterocycles. The van der Waals surface area contributed by atoms with E-state index < -0.39 is 21.4 Å². The number of hydrogen-bond acceptors (Lipinski definition) is 7. The molecule has 54 heavy (non-hydrogen) atoms. The molecule has 11 heteroatoms. The van der Waals surface area contributed by atoms with Crippen LogP contribution in [0.2, 0.25) is 0 Å². The molecule has 0 radical (unpaired) electrons. The summed E-state index contributed by atoms with van der Waals surface area (Å²) < 4.78 is 76.0. The molecule has 0 aliphatic rings. The van der Waals surface area contributed by atoms with E-state index in [-0.39, 0.29) is 5.69 Å². The lowest BCUT2D eigenvalue weighted by Crippen LogP contribution is -2.28. The van der Waals surface area contributed by atoms with E-state index in [9.17, 15) is 21.6 Å². The minimum Gasteiger partial charge on any atom is -0.374 e. The van der Waals surface area contributed by atoms with E-state index >= 15 is 0 Å². The van der Waals surface area contributed by atoms with Gasteiger partial charge in [-0.1, -0.05) is 84.9 Å². The fourth-order valence-corrected chi connectivity index (χ4v) is 9.54. The molecule has 7 aromatic carbocycles. The van der Waals surface area contributed by atoms with Gasteiger partial charge in [-0.25, -0.2) is 0 Å². The first-order valence-corrected chi connectivity index (χ1v) is 19.9. The maximum Gasteiger partial charge on any atom is 0.534 e. The lowest BCUT2D eigenvalue weighted by atomic mass is 10.1. The largest absolute Gasteiger partial charge is 0.534 e. The number of benzene rings is 7. The topological polar surface area (TPSA) is 49.9 Å². The molecule has 0 aliphatic carbocycles. The SMILES string of the molecule is O=S(=O)(Oc1ccc(N(c2ccc3c(c2)sc2ccccc23)c2ccc3c(c2)sc2ccccc23)cc1N(c1ccccc1)c1ccccc1)C(F)(F)F.